The van der Waals surface area contributed by atoms with Gasteiger partial charge in [0.1, 0.15) is 11.6 Å². The predicted molar refractivity (Wildman–Crippen MR) is 124 cm³/mol. The molecule has 0 saturated heterocycles. The van der Waals surface area contributed by atoms with Crippen LogP contribution in [-0.2, 0) is 0 Å². The molecule has 0 fully saturated rings. The Bertz CT molecular complexity index is 1280. The minimum absolute atomic E-state index is 0.0101. The number of Topliss-reactive ketones (excluding diaryl/α,β-unsaturated/α-hetero) is 1. The summed E-state index contributed by atoms with van der Waals surface area (Å²) in [6, 6.07) is 18.9. The average Bonchev–Trinajstić information content (AvgIpc) is 2.82. The highest BCUT2D eigenvalue weighted by atomic mass is 16.1. The van der Waals surface area contributed by atoms with E-state index in [0.717, 1.165) is 33.7 Å². The predicted octanol–water partition coefficient (Wildman–Crippen LogP) is 4.40. The first kappa shape index (κ1) is 20.0. The van der Waals surface area contributed by atoms with E-state index in [2.05, 4.69) is 21.5 Å². The number of hydrogen-bond donors (Lipinski definition) is 2. The topological polar surface area (TPSA) is 79.8 Å². The Morgan fingerprint density at radius 2 is 1.84 bits per heavy atom. The van der Waals surface area contributed by atoms with E-state index >= 15 is 0 Å². The van der Waals surface area contributed by atoms with Gasteiger partial charge in [0.15, 0.2) is 11.6 Å². The van der Waals surface area contributed by atoms with Crippen molar-refractivity contribution in [2.24, 2.45) is 0 Å². The molecule has 0 atom stereocenters. The SMILES string of the molecule is C#Cc1ccc(NCCNc2nc(-c3cccc(C(C)=O)c3)nc3ccccc23)nc1. The lowest BCUT2D eigenvalue weighted by Crippen LogP contribution is -2.15. The summed E-state index contributed by atoms with van der Waals surface area (Å²) in [6.45, 7) is 2.83. The average molecular weight is 407 g/mol. The van der Waals surface area contributed by atoms with Crippen LogP contribution in [0.3, 0.4) is 0 Å². The van der Waals surface area contributed by atoms with E-state index in [4.69, 9.17) is 16.4 Å². The maximum absolute atomic E-state index is 11.8. The van der Waals surface area contributed by atoms with Crippen LogP contribution < -0.4 is 10.6 Å². The molecule has 0 aliphatic carbocycles. The number of terminal acetylenes is 1. The lowest BCUT2D eigenvalue weighted by Gasteiger charge is -2.12. The normalized spacial score (nSPS) is 10.5. The molecule has 0 amide bonds. The summed E-state index contributed by atoms with van der Waals surface area (Å²) in [5.74, 6) is 4.64. The van der Waals surface area contributed by atoms with E-state index in [1.54, 1.807) is 19.2 Å². The zero-order valence-corrected chi connectivity index (χ0v) is 17.1. The van der Waals surface area contributed by atoms with Crippen LogP contribution >= 0.6 is 0 Å². The Kier molecular flexibility index (Phi) is 5.86. The van der Waals surface area contributed by atoms with Gasteiger partial charge in [0.05, 0.1) is 5.52 Å². The number of para-hydroxylation sites is 1. The molecule has 0 aliphatic heterocycles. The van der Waals surface area contributed by atoms with E-state index in [9.17, 15) is 4.79 Å². The molecule has 0 radical (unpaired) electrons. The molecule has 2 heterocycles. The van der Waals surface area contributed by atoms with Gasteiger partial charge in [0, 0.05) is 41.4 Å². The minimum atomic E-state index is 0.0101. The van der Waals surface area contributed by atoms with Crippen LogP contribution in [0, 0.1) is 12.3 Å². The third-order valence-electron chi connectivity index (χ3n) is 4.78. The molecule has 4 rings (SSSR count). The molecule has 2 aromatic carbocycles. The second-order valence-electron chi connectivity index (χ2n) is 6.98. The Morgan fingerprint density at radius 1 is 1.00 bits per heavy atom. The van der Waals surface area contributed by atoms with Crippen LogP contribution in [0.25, 0.3) is 22.3 Å². The molecule has 6 nitrogen and oxygen atoms in total. The number of ketones is 1. The van der Waals surface area contributed by atoms with E-state index in [1.807, 2.05) is 54.6 Å². The Labute approximate surface area is 180 Å². The number of pyridine rings is 1. The Morgan fingerprint density at radius 3 is 2.61 bits per heavy atom. The van der Waals surface area contributed by atoms with Gasteiger partial charge in [0.2, 0.25) is 0 Å². The van der Waals surface area contributed by atoms with Crippen LogP contribution in [0.5, 0.6) is 0 Å². The second kappa shape index (κ2) is 9.06. The fourth-order valence-electron chi connectivity index (χ4n) is 3.17. The zero-order valence-electron chi connectivity index (χ0n) is 17.1. The maximum atomic E-state index is 11.8. The molecule has 0 aliphatic rings. The van der Waals surface area contributed by atoms with Crippen molar-refractivity contribution < 1.29 is 4.79 Å². The molecule has 0 spiro atoms. The summed E-state index contributed by atoms with van der Waals surface area (Å²) in [5, 5.41) is 7.58. The van der Waals surface area contributed by atoms with Gasteiger partial charge in [-0.3, -0.25) is 4.79 Å². The number of fused-ring (bicyclic) bond motifs is 1. The summed E-state index contributed by atoms with van der Waals surface area (Å²) in [7, 11) is 0. The first-order chi connectivity index (χ1) is 15.1. The standard InChI is InChI=1S/C25H21N5O/c1-3-18-11-12-23(28-16-18)26-13-14-27-25-21-9-4-5-10-22(21)29-24(30-25)20-8-6-7-19(15-20)17(2)31/h1,4-12,15-16H,13-14H2,2H3,(H,26,28)(H,27,29,30). The van der Waals surface area contributed by atoms with Gasteiger partial charge >= 0.3 is 0 Å². The van der Waals surface area contributed by atoms with Gasteiger partial charge in [-0.2, -0.15) is 0 Å². The Balaban J connectivity index is 1.54. The minimum Gasteiger partial charge on any atom is -0.368 e. The summed E-state index contributed by atoms with van der Waals surface area (Å²) in [6.07, 6.45) is 7.02. The quantitative estimate of drug-likeness (QED) is 0.269. The largest absolute Gasteiger partial charge is 0.368 e. The zero-order chi connectivity index (χ0) is 21.6. The van der Waals surface area contributed by atoms with Crippen molar-refractivity contribution in [3.63, 3.8) is 0 Å². The fourth-order valence-corrected chi connectivity index (χ4v) is 3.17. The van der Waals surface area contributed by atoms with Crippen molar-refractivity contribution in [3.8, 4) is 23.7 Å². The van der Waals surface area contributed by atoms with E-state index in [-0.39, 0.29) is 5.78 Å². The number of carbonyl (C=O) groups excluding carboxylic acids is 1. The summed E-state index contributed by atoms with van der Waals surface area (Å²) in [4.78, 5) is 25.5. The molecule has 0 unspecified atom stereocenters. The number of carbonyl (C=O) groups is 1. The molecule has 0 saturated carbocycles. The molecule has 2 aromatic heterocycles. The van der Waals surface area contributed by atoms with E-state index in [0.29, 0.717) is 24.5 Å². The molecule has 6 heteroatoms. The van der Waals surface area contributed by atoms with Crippen molar-refractivity contribution in [1.29, 1.82) is 0 Å². The van der Waals surface area contributed by atoms with Crippen molar-refractivity contribution in [1.82, 2.24) is 15.0 Å². The highest BCUT2D eigenvalue weighted by molar-refractivity contribution is 5.95. The fraction of sp³-hybridized carbons (Fsp3) is 0.120. The van der Waals surface area contributed by atoms with Gasteiger partial charge in [-0.15, -0.1) is 6.42 Å². The number of nitrogens with one attached hydrogen (secondary N) is 2. The Hall–Kier alpha value is -4.24. The van der Waals surface area contributed by atoms with Crippen molar-refractivity contribution >= 4 is 28.3 Å². The van der Waals surface area contributed by atoms with E-state index in [1.165, 1.54) is 0 Å². The molecular formula is C25H21N5O. The number of rotatable bonds is 7. The first-order valence-electron chi connectivity index (χ1n) is 9.92. The molecule has 2 N–H and O–H groups in total. The monoisotopic (exact) mass is 407 g/mol. The van der Waals surface area contributed by atoms with Crippen molar-refractivity contribution in [2.75, 3.05) is 23.7 Å². The molecule has 4 aromatic rings. The smallest absolute Gasteiger partial charge is 0.162 e. The summed E-state index contributed by atoms with van der Waals surface area (Å²) < 4.78 is 0. The van der Waals surface area contributed by atoms with Gasteiger partial charge < -0.3 is 10.6 Å². The molecule has 0 bridgehead atoms. The van der Waals surface area contributed by atoms with Crippen molar-refractivity contribution in [2.45, 2.75) is 6.92 Å². The van der Waals surface area contributed by atoms with Gasteiger partial charge in [-0.05, 0) is 37.3 Å². The number of aromatic nitrogens is 3. The highest BCUT2D eigenvalue weighted by Gasteiger charge is 2.10. The third-order valence-corrected chi connectivity index (χ3v) is 4.78. The number of benzene rings is 2. The lowest BCUT2D eigenvalue weighted by atomic mass is 10.1. The van der Waals surface area contributed by atoms with Crippen LogP contribution in [0.15, 0.2) is 66.9 Å². The molecule has 152 valence electrons. The van der Waals surface area contributed by atoms with Crippen LogP contribution in [0.2, 0.25) is 0 Å². The van der Waals surface area contributed by atoms with Crippen LogP contribution in [0.4, 0.5) is 11.6 Å². The third kappa shape index (κ3) is 4.68. The lowest BCUT2D eigenvalue weighted by molar-refractivity contribution is 0.101. The van der Waals surface area contributed by atoms with Crippen LogP contribution in [0.1, 0.15) is 22.8 Å². The van der Waals surface area contributed by atoms with E-state index < -0.39 is 0 Å². The second-order valence-corrected chi connectivity index (χ2v) is 6.98. The summed E-state index contributed by atoms with van der Waals surface area (Å²) in [5.41, 5.74) is 3.02. The number of nitrogens with zero attached hydrogens (tertiary/aromatic N) is 3. The molecular weight excluding hydrogens is 386 g/mol. The van der Waals surface area contributed by atoms with Crippen molar-refractivity contribution in [3.05, 3.63) is 78.0 Å². The van der Waals surface area contributed by atoms with Gasteiger partial charge in [-0.1, -0.05) is 36.3 Å². The molecule has 31 heavy (non-hydrogen) atoms. The maximum Gasteiger partial charge on any atom is 0.162 e. The highest BCUT2D eigenvalue weighted by Crippen LogP contribution is 2.25. The van der Waals surface area contributed by atoms with Crippen LogP contribution in [-0.4, -0.2) is 33.8 Å². The van der Waals surface area contributed by atoms with Gasteiger partial charge in [0.25, 0.3) is 0 Å². The summed E-state index contributed by atoms with van der Waals surface area (Å²) >= 11 is 0. The number of hydrogen-bond acceptors (Lipinski definition) is 6. The number of anilines is 2. The van der Waals surface area contributed by atoms with Gasteiger partial charge in [-0.25, -0.2) is 15.0 Å². The first-order valence-corrected chi connectivity index (χ1v) is 9.92.